The number of carbonyl (C=O) groups excluding carboxylic acids is 1. The van der Waals surface area contributed by atoms with Crippen molar-refractivity contribution in [3.8, 4) is 5.75 Å². The number of aliphatic imine (C=N–C) groups is 1. The summed E-state index contributed by atoms with van der Waals surface area (Å²) in [6.07, 6.45) is 0. The molecule has 0 aliphatic carbocycles. The first-order chi connectivity index (χ1) is 9.09. The maximum atomic E-state index is 11.5. The number of nitrogens with two attached hydrogens (primary N) is 2. The second-order valence-electron chi connectivity index (χ2n) is 3.61. The fraction of sp³-hybridized carbons (Fsp3) is 0.333. The van der Waals surface area contributed by atoms with Gasteiger partial charge in [0.1, 0.15) is 12.4 Å². The van der Waals surface area contributed by atoms with Gasteiger partial charge >= 0.3 is 5.97 Å². The third kappa shape index (κ3) is 6.27. The van der Waals surface area contributed by atoms with Crippen molar-refractivity contribution in [1.29, 1.82) is 0 Å². The summed E-state index contributed by atoms with van der Waals surface area (Å²) < 4.78 is 10.1. The predicted molar refractivity (Wildman–Crippen MR) is 69.9 cm³/mol. The Kier molecular flexibility index (Phi) is 6.17. The summed E-state index contributed by atoms with van der Waals surface area (Å²) in [6.45, 7) is 1.09. The van der Waals surface area contributed by atoms with Crippen LogP contribution >= 0.6 is 0 Å². The molecule has 1 rings (SSSR count). The first-order valence-corrected chi connectivity index (χ1v) is 5.69. The molecule has 0 fully saturated rings. The first-order valence-electron chi connectivity index (χ1n) is 5.69. The molecule has 0 radical (unpaired) electrons. The summed E-state index contributed by atoms with van der Waals surface area (Å²) in [5, 5.41) is 9.21. The molecule has 104 valence electrons. The number of nitrogens with zero attached hydrogens (tertiary/aromatic N) is 1. The van der Waals surface area contributed by atoms with Gasteiger partial charge in [-0.1, -0.05) is 6.07 Å². The van der Waals surface area contributed by atoms with Gasteiger partial charge in [-0.25, -0.2) is 4.79 Å². The molecule has 5 N–H and O–H groups in total. The number of hydrogen-bond donors (Lipinski definition) is 3. The zero-order valence-electron chi connectivity index (χ0n) is 10.4. The van der Waals surface area contributed by atoms with Crippen molar-refractivity contribution in [2.24, 2.45) is 16.5 Å². The molecule has 0 aliphatic rings. The minimum Gasteiger partial charge on any atom is -0.508 e. The van der Waals surface area contributed by atoms with Crippen molar-refractivity contribution in [3.05, 3.63) is 29.8 Å². The smallest absolute Gasteiger partial charge is 0.338 e. The van der Waals surface area contributed by atoms with E-state index in [1.807, 2.05) is 0 Å². The molecule has 0 saturated carbocycles. The van der Waals surface area contributed by atoms with E-state index in [1.165, 1.54) is 12.1 Å². The van der Waals surface area contributed by atoms with Crippen LogP contribution in [-0.2, 0) is 9.47 Å². The molecule has 7 nitrogen and oxygen atoms in total. The molecular weight excluding hydrogens is 250 g/mol. The van der Waals surface area contributed by atoms with Gasteiger partial charge in [0.05, 0.1) is 25.3 Å². The number of hydrogen-bond acceptors (Lipinski definition) is 5. The minimum absolute atomic E-state index is 0.0129. The molecule has 19 heavy (non-hydrogen) atoms. The Bertz CT molecular complexity index is 444. The predicted octanol–water partition coefficient (Wildman–Crippen LogP) is -0.161. The number of aromatic hydroxyl groups is 1. The lowest BCUT2D eigenvalue weighted by Gasteiger charge is -2.05. The molecule has 0 atom stereocenters. The topological polar surface area (TPSA) is 120 Å². The van der Waals surface area contributed by atoms with Crippen LogP contribution in [0.3, 0.4) is 0 Å². The molecule has 7 heteroatoms. The molecule has 0 unspecified atom stereocenters. The Balaban J connectivity index is 2.16. The summed E-state index contributed by atoms with van der Waals surface area (Å²) in [5.74, 6) is -0.481. The van der Waals surface area contributed by atoms with Crippen LogP contribution in [-0.4, -0.2) is 43.4 Å². The Morgan fingerprint density at radius 3 is 2.74 bits per heavy atom. The largest absolute Gasteiger partial charge is 0.508 e. The minimum atomic E-state index is -0.510. The maximum absolute atomic E-state index is 11.5. The van der Waals surface area contributed by atoms with E-state index < -0.39 is 5.97 Å². The van der Waals surface area contributed by atoms with Gasteiger partial charge in [-0.05, 0) is 18.2 Å². The van der Waals surface area contributed by atoms with E-state index in [2.05, 4.69) is 4.99 Å². The fourth-order valence-corrected chi connectivity index (χ4v) is 1.25. The van der Waals surface area contributed by atoms with Crippen molar-refractivity contribution in [3.63, 3.8) is 0 Å². The highest BCUT2D eigenvalue weighted by molar-refractivity contribution is 5.89. The average Bonchev–Trinajstić information content (AvgIpc) is 2.37. The van der Waals surface area contributed by atoms with Gasteiger partial charge in [0.25, 0.3) is 0 Å². The van der Waals surface area contributed by atoms with Crippen molar-refractivity contribution in [2.75, 3.05) is 26.4 Å². The van der Waals surface area contributed by atoms with E-state index >= 15 is 0 Å². The number of phenols is 1. The van der Waals surface area contributed by atoms with E-state index in [1.54, 1.807) is 12.1 Å². The summed E-state index contributed by atoms with van der Waals surface area (Å²) in [6, 6.07) is 5.94. The Morgan fingerprint density at radius 2 is 2.05 bits per heavy atom. The third-order valence-corrected chi connectivity index (χ3v) is 2.07. The molecule has 1 aromatic rings. The SMILES string of the molecule is NC(N)=NCCOCCOC(=O)c1cccc(O)c1. The van der Waals surface area contributed by atoms with Crippen molar-refractivity contribution >= 4 is 11.9 Å². The molecule has 0 spiro atoms. The summed E-state index contributed by atoms with van der Waals surface area (Å²) in [7, 11) is 0. The van der Waals surface area contributed by atoms with Crippen LogP contribution in [0.15, 0.2) is 29.3 Å². The zero-order valence-corrected chi connectivity index (χ0v) is 10.4. The lowest BCUT2D eigenvalue weighted by molar-refractivity contribution is 0.0328. The molecular formula is C12H17N3O4. The van der Waals surface area contributed by atoms with Crippen LogP contribution in [0.1, 0.15) is 10.4 Å². The first kappa shape index (κ1) is 14.8. The van der Waals surface area contributed by atoms with Crippen molar-refractivity contribution in [2.45, 2.75) is 0 Å². The Labute approximate surface area is 110 Å². The Hall–Kier alpha value is -2.28. The van der Waals surface area contributed by atoms with Crippen LogP contribution in [0.5, 0.6) is 5.75 Å². The summed E-state index contributed by atoms with van der Waals surface area (Å²) >= 11 is 0. The molecule has 0 aliphatic heterocycles. The van der Waals surface area contributed by atoms with Crippen LogP contribution in [0.4, 0.5) is 0 Å². The van der Waals surface area contributed by atoms with Gasteiger partial charge in [-0.15, -0.1) is 0 Å². The quantitative estimate of drug-likeness (QED) is 0.273. The van der Waals surface area contributed by atoms with E-state index in [0.29, 0.717) is 18.7 Å². The average molecular weight is 267 g/mol. The summed E-state index contributed by atoms with van der Waals surface area (Å²) in [5.41, 5.74) is 10.6. The van der Waals surface area contributed by atoms with Gasteiger partial charge in [0.15, 0.2) is 5.96 Å². The van der Waals surface area contributed by atoms with E-state index in [0.717, 1.165) is 0 Å². The van der Waals surface area contributed by atoms with Crippen LogP contribution < -0.4 is 11.5 Å². The number of benzene rings is 1. The maximum Gasteiger partial charge on any atom is 0.338 e. The van der Waals surface area contributed by atoms with E-state index in [-0.39, 0.29) is 24.9 Å². The summed E-state index contributed by atoms with van der Waals surface area (Å²) in [4.78, 5) is 15.3. The number of rotatable bonds is 7. The van der Waals surface area contributed by atoms with Gasteiger partial charge in [-0.3, -0.25) is 4.99 Å². The van der Waals surface area contributed by atoms with Crippen LogP contribution in [0.2, 0.25) is 0 Å². The molecule has 0 saturated heterocycles. The molecule has 0 bridgehead atoms. The molecule has 1 aromatic carbocycles. The monoisotopic (exact) mass is 267 g/mol. The normalized spacial score (nSPS) is 9.89. The lowest BCUT2D eigenvalue weighted by atomic mass is 10.2. The van der Waals surface area contributed by atoms with Crippen molar-refractivity contribution < 1.29 is 19.4 Å². The number of ether oxygens (including phenoxy) is 2. The third-order valence-electron chi connectivity index (χ3n) is 2.07. The second-order valence-corrected chi connectivity index (χ2v) is 3.61. The second kappa shape index (κ2) is 7.93. The fourth-order valence-electron chi connectivity index (χ4n) is 1.25. The highest BCUT2D eigenvalue weighted by Gasteiger charge is 2.06. The molecule has 0 amide bonds. The van der Waals surface area contributed by atoms with Gasteiger partial charge in [0.2, 0.25) is 0 Å². The standard InChI is InChI=1S/C12H17N3O4/c13-12(14)15-4-5-18-6-7-19-11(17)9-2-1-3-10(16)8-9/h1-3,8,16H,4-7H2,(H4,13,14,15). The van der Waals surface area contributed by atoms with E-state index in [4.69, 9.17) is 20.9 Å². The zero-order chi connectivity index (χ0) is 14.1. The van der Waals surface area contributed by atoms with Crippen molar-refractivity contribution in [1.82, 2.24) is 0 Å². The Morgan fingerprint density at radius 1 is 1.26 bits per heavy atom. The number of esters is 1. The lowest BCUT2D eigenvalue weighted by Crippen LogP contribution is -2.23. The number of carbonyl (C=O) groups is 1. The van der Waals surface area contributed by atoms with Crippen LogP contribution in [0.25, 0.3) is 0 Å². The highest BCUT2D eigenvalue weighted by atomic mass is 16.6. The van der Waals surface area contributed by atoms with Gasteiger partial charge in [0, 0.05) is 0 Å². The number of guanidine groups is 1. The van der Waals surface area contributed by atoms with Gasteiger partial charge < -0.3 is 26.0 Å². The molecule has 0 aromatic heterocycles. The number of phenolic OH excluding ortho intramolecular Hbond substituents is 1. The van der Waals surface area contributed by atoms with Gasteiger partial charge in [-0.2, -0.15) is 0 Å². The molecule has 0 heterocycles. The van der Waals surface area contributed by atoms with Crippen LogP contribution in [0, 0.1) is 0 Å². The highest BCUT2D eigenvalue weighted by Crippen LogP contribution is 2.11. The van der Waals surface area contributed by atoms with E-state index in [9.17, 15) is 9.90 Å².